The lowest BCUT2D eigenvalue weighted by Gasteiger charge is -2.09. The zero-order valence-electron chi connectivity index (χ0n) is 10.5. The van der Waals surface area contributed by atoms with Crippen LogP contribution >= 0.6 is 27.5 Å². The molecule has 1 aliphatic carbocycles. The lowest BCUT2D eigenvalue weighted by molar-refractivity contribution is 0.576. The zero-order chi connectivity index (χ0) is 14.3. The van der Waals surface area contributed by atoms with Crippen LogP contribution in [-0.4, -0.2) is 9.55 Å². The molecule has 0 aliphatic heterocycles. The van der Waals surface area contributed by atoms with Gasteiger partial charge >= 0.3 is 5.69 Å². The van der Waals surface area contributed by atoms with Crippen molar-refractivity contribution in [1.29, 1.82) is 0 Å². The summed E-state index contributed by atoms with van der Waals surface area (Å²) in [7, 11) is 0. The van der Waals surface area contributed by atoms with Crippen LogP contribution < -0.4 is 11.2 Å². The van der Waals surface area contributed by atoms with Gasteiger partial charge in [-0.1, -0.05) is 39.7 Å². The number of nitrogens with zero attached hydrogens (tertiary/aromatic N) is 1. The van der Waals surface area contributed by atoms with E-state index in [0.717, 1.165) is 17.3 Å². The average molecular weight is 356 g/mol. The first-order chi connectivity index (χ1) is 9.56. The van der Waals surface area contributed by atoms with Gasteiger partial charge in [0.05, 0.1) is 5.56 Å². The van der Waals surface area contributed by atoms with Crippen LogP contribution in [0.15, 0.2) is 38.3 Å². The minimum atomic E-state index is -0.439. The van der Waals surface area contributed by atoms with Crippen LogP contribution in [0.3, 0.4) is 0 Å². The maximum atomic E-state index is 12.5. The van der Waals surface area contributed by atoms with E-state index in [-0.39, 0.29) is 10.7 Å². The van der Waals surface area contributed by atoms with Gasteiger partial charge in [-0.05, 0) is 36.5 Å². The van der Waals surface area contributed by atoms with Gasteiger partial charge in [0.15, 0.2) is 0 Å². The lowest BCUT2D eigenvalue weighted by atomic mass is 10.1. The molecule has 3 rings (SSSR count). The topological polar surface area (TPSA) is 54.9 Å². The molecule has 20 heavy (non-hydrogen) atoms. The Morgan fingerprint density at radius 1 is 1.35 bits per heavy atom. The summed E-state index contributed by atoms with van der Waals surface area (Å²) in [6.07, 6.45) is 2.14. The van der Waals surface area contributed by atoms with Crippen LogP contribution in [0.2, 0.25) is 5.15 Å². The molecule has 1 heterocycles. The number of halogens is 2. The predicted molar refractivity (Wildman–Crippen MR) is 82.2 cm³/mol. The molecule has 1 saturated carbocycles. The van der Waals surface area contributed by atoms with E-state index in [1.165, 1.54) is 4.57 Å². The van der Waals surface area contributed by atoms with Crippen molar-refractivity contribution in [2.45, 2.75) is 19.4 Å². The zero-order valence-corrected chi connectivity index (χ0v) is 12.9. The van der Waals surface area contributed by atoms with Crippen LogP contribution in [-0.2, 0) is 6.54 Å². The number of H-pyrrole nitrogens is 1. The molecule has 0 bridgehead atoms. The first-order valence-electron chi connectivity index (χ1n) is 6.35. The number of hydrogen-bond donors (Lipinski definition) is 1. The van der Waals surface area contributed by atoms with Crippen LogP contribution in [0, 0.1) is 5.92 Å². The highest BCUT2D eigenvalue weighted by Crippen LogP contribution is 2.30. The lowest BCUT2D eigenvalue weighted by Crippen LogP contribution is -2.36. The largest absolute Gasteiger partial charge is 0.329 e. The third kappa shape index (κ3) is 2.60. The molecular formula is C14H12BrClN2O2. The molecule has 1 aliphatic rings. The molecule has 1 fully saturated rings. The van der Waals surface area contributed by atoms with Crippen molar-refractivity contribution >= 4 is 27.5 Å². The molecule has 0 atom stereocenters. The van der Waals surface area contributed by atoms with Crippen molar-refractivity contribution < 1.29 is 0 Å². The van der Waals surface area contributed by atoms with E-state index in [4.69, 9.17) is 11.6 Å². The second kappa shape index (κ2) is 5.22. The Morgan fingerprint density at radius 2 is 2.10 bits per heavy atom. The summed E-state index contributed by atoms with van der Waals surface area (Å²) >= 11 is 9.43. The fourth-order valence-corrected chi connectivity index (χ4v) is 2.83. The first-order valence-corrected chi connectivity index (χ1v) is 7.52. The highest BCUT2D eigenvalue weighted by Gasteiger charge is 2.24. The maximum absolute atomic E-state index is 12.5. The number of aromatic nitrogens is 2. The number of rotatable bonds is 3. The molecule has 0 saturated heterocycles. The number of benzene rings is 1. The van der Waals surface area contributed by atoms with Crippen LogP contribution in [0.5, 0.6) is 0 Å². The summed E-state index contributed by atoms with van der Waals surface area (Å²) in [6, 6.07) is 7.30. The molecular weight excluding hydrogens is 344 g/mol. The molecule has 6 heteroatoms. The van der Waals surface area contributed by atoms with Crippen molar-refractivity contribution in [3.63, 3.8) is 0 Å². The Kier molecular flexibility index (Phi) is 3.56. The van der Waals surface area contributed by atoms with Crippen molar-refractivity contribution in [2.24, 2.45) is 5.92 Å². The fraction of sp³-hybridized carbons (Fsp3) is 0.286. The fourth-order valence-electron chi connectivity index (χ4n) is 2.16. The minimum Gasteiger partial charge on any atom is -0.297 e. The Bertz CT molecular complexity index is 777. The summed E-state index contributed by atoms with van der Waals surface area (Å²) in [5, 5.41) is 0.0881. The summed E-state index contributed by atoms with van der Waals surface area (Å²) in [6.45, 7) is 0.465. The quantitative estimate of drug-likeness (QED) is 0.861. The van der Waals surface area contributed by atoms with Crippen molar-refractivity contribution in [3.05, 3.63) is 54.7 Å². The average Bonchev–Trinajstić information content (AvgIpc) is 3.18. The second-order valence-electron chi connectivity index (χ2n) is 4.99. The van der Waals surface area contributed by atoms with Crippen LogP contribution in [0.4, 0.5) is 0 Å². The summed E-state index contributed by atoms with van der Waals surface area (Å²) in [5.74, 6) is 0.435. The van der Waals surface area contributed by atoms with Crippen molar-refractivity contribution in [3.8, 4) is 11.1 Å². The van der Waals surface area contributed by atoms with Gasteiger partial charge in [0.2, 0.25) is 0 Å². The third-order valence-corrected chi connectivity index (χ3v) is 4.17. The van der Waals surface area contributed by atoms with Crippen molar-refractivity contribution in [1.82, 2.24) is 9.55 Å². The summed E-state index contributed by atoms with van der Waals surface area (Å²) < 4.78 is 2.10. The predicted octanol–water partition coefficient (Wildman–Crippen LogP) is 3.03. The number of nitrogens with one attached hydrogen (secondary N) is 1. The maximum Gasteiger partial charge on any atom is 0.329 e. The smallest absolute Gasteiger partial charge is 0.297 e. The molecule has 4 nitrogen and oxygen atoms in total. The monoisotopic (exact) mass is 354 g/mol. The highest BCUT2D eigenvalue weighted by atomic mass is 79.9. The number of hydrogen-bond acceptors (Lipinski definition) is 2. The molecule has 0 radical (unpaired) electrons. The molecule has 2 aromatic rings. The van der Waals surface area contributed by atoms with Gasteiger partial charge in [0.1, 0.15) is 5.15 Å². The van der Waals surface area contributed by atoms with E-state index >= 15 is 0 Å². The molecule has 1 aromatic heterocycles. The minimum absolute atomic E-state index is 0.0881. The van der Waals surface area contributed by atoms with E-state index in [1.807, 2.05) is 18.2 Å². The molecule has 104 valence electrons. The van der Waals surface area contributed by atoms with E-state index in [1.54, 1.807) is 6.07 Å². The Morgan fingerprint density at radius 3 is 2.75 bits per heavy atom. The second-order valence-corrected chi connectivity index (χ2v) is 6.28. The van der Waals surface area contributed by atoms with Gasteiger partial charge in [-0.3, -0.25) is 14.3 Å². The number of aromatic amines is 1. The molecule has 1 N–H and O–H groups in total. The van der Waals surface area contributed by atoms with Crippen LogP contribution in [0.25, 0.3) is 11.1 Å². The van der Waals surface area contributed by atoms with Gasteiger partial charge in [0, 0.05) is 11.0 Å². The van der Waals surface area contributed by atoms with Gasteiger partial charge in [-0.2, -0.15) is 0 Å². The summed E-state index contributed by atoms with van der Waals surface area (Å²) in [4.78, 5) is 27.0. The van der Waals surface area contributed by atoms with Gasteiger partial charge in [0.25, 0.3) is 5.56 Å². The SMILES string of the molecule is O=c1[nH]c(Cl)c(-c2cccc(Br)c2)c(=O)n1CC1CC1. The van der Waals surface area contributed by atoms with Gasteiger partial charge in [-0.15, -0.1) is 0 Å². The van der Waals surface area contributed by atoms with Gasteiger partial charge in [-0.25, -0.2) is 4.79 Å². The third-order valence-electron chi connectivity index (χ3n) is 3.39. The standard InChI is InChI=1S/C14H12BrClN2O2/c15-10-3-1-2-9(6-10)11-12(16)17-14(20)18(13(11)19)7-8-4-5-8/h1-3,6,8H,4-5,7H2,(H,17,20). The molecule has 0 unspecified atom stereocenters. The Hall–Kier alpha value is -1.33. The molecule has 0 amide bonds. The molecule has 0 spiro atoms. The van der Waals surface area contributed by atoms with E-state index in [9.17, 15) is 9.59 Å². The van der Waals surface area contributed by atoms with E-state index < -0.39 is 5.69 Å². The normalized spacial score (nSPS) is 14.5. The highest BCUT2D eigenvalue weighted by molar-refractivity contribution is 9.10. The van der Waals surface area contributed by atoms with Crippen molar-refractivity contribution in [2.75, 3.05) is 0 Å². The Labute approximate surface area is 128 Å². The summed E-state index contributed by atoms with van der Waals surface area (Å²) in [5.41, 5.74) is 0.262. The van der Waals surface area contributed by atoms with Gasteiger partial charge < -0.3 is 0 Å². The van der Waals surface area contributed by atoms with Crippen LogP contribution in [0.1, 0.15) is 12.8 Å². The first kappa shape index (κ1) is 13.6. The molecule has 1 aromatic carbocycles. The van der Waals surface area contributed by atoms with E-state index in [2.05, 4.69) is 20.9 Å². The van der Waals surface area contributed by atoms with E-state index in [0.29, 0.717) is 23.6 Å². The Balaban J connectivity index is 2.19.